The fourth-order valence-electron chi connectivity index (χ4n) is 2.59. The lowest BCUT2D eigenvalue weighted by atomic mass is 10.1. The SMILES string of the molecule is Cc1ccc(CCC(=O)N2CCN(C(=O)N(C)C)CC2)cc1. The number of rotatable bonds is 3. The number of urea groups is 1. The number of aryl methyl sites for hydroxylation is 2. The van der Waals surface area contributed by atoms with Crippen LogP contribution in [-0.2, 0) is 11.2 Å². The lowest BCUT2D eigenvalue weighted by Crippen LogP contribution is -2.52. The van der Waals surface area contributed by atoms with Gasteiger partial charge in [-0.25, -0.2) is 4.79 Å². The molecule has 1 aromatic carbocycles. The van der Waals surface area contributed by atoms with Crippen molar-refractivity contribution in [1.82, 2.24) is 14.7 Å². The van der Waals surface area contributed by atoms with Gasteiger partial charge in [-0.15, -0.1) is 0 Å². The van der Waals surface area contributed by atoms with Crippen LogP contribution in [0.2, 0.25) is 0 Å². The number of carbonyl (C=O) groups is 2. The molecular formula is C17H25N3O2. The van der Waals surface area contributed by atoms with E-state index in [0.717, 1.165) is 6.42 Å². The van der Waals surface area contributed by atoms with Gasteiger partial charge in [-0.3, -0.25) is 4.79 Å². The van der Waals surface area contributed by atoms with Crippen molar-refractivity contribution in [2.45, 2.75) is 19.8 Å². The maximum atomic E-state index is 12.3. The highest BCUT2D eigenvalue weighted by molar-refractivity contribution is 5.77. The molecule has 0 bridgehead atoms. The predicted molar refractivity (Wildman–Crippen MR) is 86.7 cm³/mol. The zero-order valence-electron chi connectivity index (χ0n) is 13.7. The van der Waals surface area contributed by atoms with E-state index in [1.54, 1.807) is 23.9 Å². The van der Waals surface area contributed by atoms with Gasteiger partial charge < -0.3 is 14.7 Å². The lowest BCUT2D eigenvalue weighted by molar-refractivity contribution is -0.132. The summed E-state index contributed by atoms with van der Waals surface area (Å²) in [5.41, 5.74) is 2.43. The van der Waals surface area contributed by atoms with Crippen molar-refractivity contribution in [3.8, 4) is 0 Å². The molecule has 120 valence electrons. The molecule has 0 spiro atoms. The maximum absolute atomic E-state index is 12.3. The number of piperazine rings is 1. The molecule has 22 heavy (non-hydrogen) atoms. The first-order chi connectivity index (χ1) is 10.5. The van der Waals surface area contributed by atoms with Crippen molar-refractivity contribution < 1.29 is 9.59 Å². The Hall–Kier alpha value is -2.04. The van der Waals surface area contributed by atoms with Crippen molar-refractivity contribution in [2.75, 3.05) is 40.3 Å². The Bertz CT molecular complexity index is 517. The van der Waals surface area contributed by atoms with Crippen LogP contribution in [0.4, 0.5) is 4.79 Å². The van der Waals surface area contributed by atoms with Crippen molar-refractivity contribution in [3.05, 3.63) is 35.4 Å². The van der Waals surface area contributed by atoms with E-state index in [1.807, 2.05) is 4.90 Å². The molecule has 0 N–H and O–H groups in total. The van der Waals surface area contributed by atoms with Crippen molar-refractivity contribution in [1.29, 1.82) is 0 Å². The average Bonchev–Trinajstić information content (AvgIpc) is 2.53. The largest absolute Gasteiger partial charge is 0.339 e. The van der Waals surface area contributed by atoms with Gasteiger partial charge in [0.1, 0.15) is 0 Å². The Kier molecular flexibility index (Phi) is 5.41. The number of carbonyl (C=O) groups excluding carboxylic acids is 2. The van der Waals surface area contributed by atoms with Crippen LogP contribution in [-0.4, -0.2) is 66.9 Å². The predicted octanol–water partition coefficient (Wildman–Crippen LogP) is 1.75. The Balaban J connectivity index is 1.77. The minimum absolute atomic E-state index is 0.0201. The van der Waals surface area contributed by atoms with E-state index in [1.165, 1.54) is 11.1 Å². The van der Waals surface area contributed by atoms with E-state index in [0.29, 0.717) is 32.6 Å². The first-order valence-electron chi connectivity index (χ1n) is 7.77. The first kappa shape index (κ1) is 16.3. The molecule has 5 nitrogen and oxygen atoms in total. The number of hydrogen-bond donors (Lipinski definition) is 0. The third kappa shape index (κ3) is 4.23. The summed E-state index contributed by atoms with van der Waals surface area (Å²) in [6.07, 6.45) is 1.31. The van der Waals surface area contributed by atoms with Gasteiger partial charge in [0.2, 0.25) is 5.91 Å². The summed E-state index contributed by atoms with van der Waals surface area (Å²) in [5.74, 6) is 0.178. The van der Waals surface area contributed by atoms with Crippen LogP contribution in [0.5, 0.6) is 0 Å². The summed E-state index contributed by atoms with van der Waals surface area (Å²) in [6.45, 7) is 4.56. The third-order valence-electron chi connectivity index (χ3n) is 4.03. The van der Waals surface area contributed by atoms with Crippen molar-refractivity contribution in [2.24, 2.45) is 0 Å². The van der Waals surface area contributed by atoms with Gasteiger partial charge in [0.25, 0.3) is 0 Å². The molecular weight excluding hydrogens is 278 g/mol. The molecule has 1 aliphatic rings. The number of amides is 3. The zero-order valence-corrected chi connectivity index (χ0v) is 13.7. The summed E-state index contributed by atoms with van der Waals surface area (Å²) in [4.78, 5) is 29.4. The van der Waals surface area contributed by atoms with Gasteiger partial charge in [-0.1, -0.05) is 29.8 Å². The second kappa shape index (κ2) is 7.29. The zero-order chi connectivity index (χ0) is 16.1. The van der Waals surface area contributed by atoms with Crippen LogP contribution in [0.15, 0.2) is 24.3 Å². The van der Waals surface area contributed by atoms with Crippen LogP contribution < -0.4 is 0 Å². The van der Waals surface area contributed by atoms with Crippen molar-refractivity contribution >= 4 is 11.9 Å². The van der Waals surface area contributed by atoms with E-state index in [9.17, 15) is 9.59 Å². The monoisotopic (exact) mass is 303 g/mol. The molecule has 0 aromatic heterocycles. The number of nitrogens with zero attached hydrogens (tertiary/aromatic N) is 3. The molecule has 5 heteroatoms. The minimum atomic E-state index is 0.0201. The van der Waals surface area contributed by atoms with E-state index in [4.69, 9.17) is 0 Å². The third-order valence-corrected chi connectivity index (χ3v) is 4.03. The van der Waals surface area contributed by atoms with E-state index in [-0.39, 0.29) is 11.9 Å². The second-order valence-corrected chi connectivity index (χ2v) is 6.03. The number of benzene rings is 1. The topological polar surface area (TPSA) is 43.9 Å². The lowest BCUT2D eigenvalue weighted by Gasteiger charge is -2.36. The van der Waals surface area contributed by atoms with Crippen LogP contribution in [0.3, 0.4) is 0 Å². The molecule has 1 heterocycles. The standard InChI is InChI=1S/C17H25N3O2/c1-14-4-6-15(7-5-14)8-9-16(21)19-10-12-20(13-11-19)17(22)18(2)3/h4-7H,8-13H2,1-3H3. The smallest absolute Gasteiger partial charge is 0.319 e. The van der Waals surface area contributed by atoms with Gasteiger partial charge in [0, 0.05) is 46.7 Å². The molecule has 1 aromatic rings. The van der Waals surface area contributed by atoms with Gasteiger partial charge in [0.15, 0.2) is 0 Å². The Morgan fingerprint density at radius 1 is 1.00 bits per heavy atom. The fraction of sp³-hybridized carbons (Fsp3) is 0.529. The first-order valence-corrected chi connectivity index (χ1v) is 7.77. The normalized spacial score (nSPS) is 14.9. The summed E-state index contributed by atoms with van der Waals surface area (Å²) in [5, 5.41) is 0. The van der Waals surface area contributed by atoms with Crippen molar-refractivity contribution in [3.63, 3.8) is 0 Å². The summed E-state index contributed by atoms with van der Waals surface area (Å²) >= 11 is 0. The average molecular weight is 303 g/mol. The fourth-order valence-corrected chi connectivity index (χ4v) is 2.59. The summed E-state index contributed by atoms with van der Waals surface area (Å²) in [6, 6.07) is 8.33. The molecule has 0 saturated carbocycles. The van der Waals surface area contributed by atoms with Crippen LogP contribution in [0, 0.1) is 6.92 Å². The summed E-state index contributed by atoms with van der Waals surface area (Å²) in [7, 11) is 3.50. The molecule has 0 atom stereocenters. The molecule has 1 aliphatic heterocycles. The molecule has 2 rings (SSSR count). The second-order valence-electron chi connectivity index (χ2n) is 6.03. The highest BCUT2D eigenvalue weighted by Gasteiger charge is 2.24. The highest BCUT2D eigenvalue weighted by atomic mass is 16.2. The highest BCUT2D eigenvalue weighted by Crippen LogP contribution is 2.10. The van der Waals surface area contributed by atoms with Crippen LogP contribution >= 0.6 is 0 Å². The minimum Gasteiger partial charge on any atom is -0.339 e. The summed E-state index contributed by atoms with van der Waals surface area (Å²) < 4.78 is 0. The molecule has 0 radical (unpaired) electrons. The quantitative estimate of drug-likeness (QED) is 0.854. The van der Waals surface area contributed by atoms with E-state index in [2.05, 4.69) is 31.2 Å². The molecule has 1 saturated heterocycles. The molecule has 0 unspecified atom stereocenters. The Morgan fingerprint density at radius 3 is 2.09 bits per heavy atom. The number of hydrogen-bond acceptors (Lipinski definition) is 2. The van der Waals surface area contributed by atoms with Gasteiger partial charge in [-0.05, 0) is 18.9 Å². The molecule has 0 aliphatic carbocycles. The van der Waals surface area contributed by atoms with Gasteiger partial charge in [-0.2, -0.15) is 0 Å². The van der Waals surface area contributed by atoms with E-state index < -0.39 is 0 Å². The van der Waals surface area contributed by atoms with E-state index >= 15 is 0 Å². The van der Waals surface area contributed by atoms with Crippen LogP contribution in [0.1, 0.15) is 17.5 Å². The van der Waals surface area contributed by atoms with Gasteiger partial charge in [0.05, 0.1) is 0 Å². The maximum Gasteiger partial charge on any atom is 0.319 e. The van der Waals surface area contributed by atoms with Crippen LogP contribution in [0.25, 0.3) is 0 Å². The Labute approximate surface area is 132 Å². The molecule has 3 amide bonds. The van der Waals surface area contributed by atoms with Gasteiger partial charge >= 0.3 is 6.03 Å². The Morgan fingerprint density at radius 2 is 1.55 bits per heavy atom. The molecule has 1 fully saturated rings.